The van der Waals surface area contributed by atoms with Gasteiger partial charge in [0.2, 0.25) is 5.91 Å². The maximum absolute atomic E-state index is 13.4. The summed E-state index contributed by atoms with van der Waals surface area (Å²) in [6, 6.07) is 1.79. The molecule has 1 aromatic heterocycles. The van der Waals surface area contributed by atoms with Gasteiger partial charge in [0.15, 0.2) is 0 Å². The zero-order chi connectivity index (χ0) is 27.9. The molecule has 2 aliphatic rings. The molecule has 2 fully saturated rings. The third kappa shape index (κ3) is 8.50. The van der Waals surface area contributed by atoms with Crippen LogP contribution in [0.3, 0.4) is 0 Å². The fourth-order valence-corrected chi connectivity index (χ4v) is 5.87. The monoisotopic (exact) mass is 546 g/mol. The molecule has 0 aromatic carbocycles. The van der Waals surface area contributed by atoms with Crippen molar-refractivity contribution in [1.82, 2.24) is 10.2 Å². The standard InChI is InChI=1S/C29H42N2O6S/c1-19(18-32)12-13-21-14-15-24(38-21)25(33)27(35)31-16-8-11-23(31)26(34)30-22(28(36)37-29(2,3)4)17-20-9-6-5-7-10-20/h12-15,19-20,22-23,32H,5-11,16-18H2,1-4H3,(H,30,34)/b13-12+/t19-,22+,23?/m1/s1. The molecule has 9 heteroatoms. The Kier molecular flexibility index (Phi) is 10.7. The molecule has 0 bridgehead atoms. The van der Waals surface area contributed by atoms with Crippen molar-refractivity contribution in [2.45, 2.75) is 96.7 Å². The highest BCUT2D eigenvalue weighted by molar-refractivity contribution is 7.15. The highest BCUT2D eigenvalue weighted by Crippen LogP contribution is 2.29. The Bertz CT molecular complexity index is 1020. The quantitative estimate of drug-likeness (QED) is 0.256. The number of nitrogens with one attached hydrogen (secondary N) is 1. The summed E-state index contributed by atoms with van der Waals surface area (Å²) < 4.78 is 5.61. The van der Waals surface area contributed by atoms with E-state index in [1.54, 1.807) is 32.9 Å². The van der Waals surface area contributed by atoms with Crippen LogP contribution in [0.2, 0.25) is 0 Å². The zero-order valence-corrected chi connectivity index (χ0v) is 23.9. The van der Waals surface area contributed by atoms with E-state index in [2.05, 4.69) is 5.32 Å². The number of carbonyl (C=O) groups is 4. The van der Waals surface area contributed by atoms with E-state index in [-0.39, 0.29) is 12.5 Å². The molecular weight excluding hydrogens is 504 g/mol. The van der Waals surface area contributed by atoms with Gasteiger partial charge in [-0.15, -0.1) is 11.3 Å². The van der Waals surface area contributed by atoms with Crippen LogP contribution in [0.15, 0.2) is 18.2 Å². The van der Waals surface area contributed by atoms with Crippen molar-refractivity contribution in [2.24, 2.45) is 11.8 Å². The number of hydrogen-bond acceptors (Lipinski definition) is 7. The van der Waals surface area contributed by atoms with Crippen LogP contribution >= 0.6 is 11.3 Å². The van der Waals surface area contributed by atoms with Gasteiger partial charge in [0, 0.05) is 18.0 Å². The first-order valence-electron chi connectivity index (χ1n) is 13.8. The van der Waals surface area contributed by atoms with E-state index in [9.17, 15) is 24.3 Å². The SMILES string of the molecule is C[C@H](/C=C/c1ccc(C(=O)C(=O)N2CCCC2C(=O)N[C@@H](CC2CCCCC2)C(=O)OC(C)(C)C)s1)CO. The van der Waals surface area contributed by atoms with E-state index in [0.29, 0.717) is 36.6 Å². The number of rotatable bonds is 10. The number of esters is 1. The van der Waals surface area contributed by atoms with Crippen LogP contribution < -0.4 is 5.32 Å². The molecule has 210 valence electrons. The van der Waals surface area contributed by atoms with Crippen molar-refractivity contribution in [3.63, 3.8) is 0 Å². The predicted octanol–water partition coefficient (Wildman–Crippen LogP) is 4.36. The Morgan fingerprint density at radius 3 is 2.50 bits per heavy atom. The van der Waals surface area contributed by atoms with E-state index in [1.165, 1.54) is 22.7 Å². The number of hydrogen-bond donors (Lipinski definition) is 2. The summed E-state index contributed by atoms with van der Waals surface area (Å²) in [5, 5.41) is 12.1. The number of carbonyl (C=O) groups excluding carboxylic acids is 4. The summed E-state index contributed by atoms with van der Waals surface area (Å²) in [5.74, 6) is -1.89. The molecule has 2 heterocycles. The molecular formula is C29H42N2O6S. The van der Waals surface area contributed by atoms with Crippen LogP contribution in [0.1, 0.15) is 93.6 Å². The third-order valence-electron chi connectivity index (χ3n) is 7.04. The van der Waals surface area contributed by atoms with Crippen molar-refractivity contribution < 1.29 is 29.0 Å². The summed E-state index contributed by atoms with van der Waals surface area (Å²) in [5.41, 5.74) is -0.681. The van der Waals surface area contributed by atoms with Gasteiger partial charge in [0.05, 0.1) is 4.88 Å². The van der Waals surface area contributed by atoms with Crippen molar-refractivity contribution in [1.29, 1.82) is 0 Å². The lowest BCUT2D eigenvalue weighted by Crippen LogP contribution is -2.53. The lowest BCUT2D eigenvalue weighted by atomic mass is 9.84. The van der Waals surface area contributed by atoms with E-state index in [0.717, 1.165) is 30.6 Å². The number of ketones is 1. The lowest BCUT2D eigenvalue weighted by molar-refractivity contribution is -0.159. The van der Waals surface area contributed by atoms with Gasteiger partial charge in [-0.3, -0.25) is 14.4 Å². The molecule has 0 radical (unpaired) electrons. The minimum absolute atomic E-state index is 0.00984. The second-order valence-corrected chi connectivity index (χ2v) is 12.7. The van der Waals surface area contributed by atoms with Gasteiger partial charge in [-0.25, -0.2) is 4.79 Å². The largest absolute Gasteiger partial charge is 0.458 e. The molecule has 2 N–H and O–H groups in total. The summed E-state index contributed by atoms with van der Waals surface area (Å²) in [6.07, 6.45) is 10.7. The summed E-state index contributed by atoms with van der Waals surface area (Å²) in [6.45, 7) is 7.61. The number of thiophene rings is 1. The number of amides is 2. The molecule has 3 rings (SSSR count). The molecule has 1 aromatic rings. The minimum atomic E-state index is -0.799. The van der Waals surface area contributed by atoms with Crippen molar-refractivity contribution in [3.8, 4) is 0 Å². The second-order valence-electron chi connectivity index (χ2n) is 11.5. The highest BCUT2D eigenvalue weighted by Gasteiger charge is 2.39. The maximum Gasteiger partial charge on any atom is 0.329 e. The van der Waals surface area contributed by atoms with Gasteiger partial charge in [0.25, 0.3) is 11.7 Å². The van der Waals surface area contributed by atoms with E-state index >= 15 is 0 Å². The topological polar surface area (TPSA) is 113 Å². The van der Waals surface area contributed by atoms with Gasteiger partial charge in [-0.05, 0) is 70.1 Å². The maximum atomic E-state index is 13.4. The minimum Gasteiger partial charge on any atom is -0.458 e. The molecule has 1 unspecified atom stereocenters. The molecule has 3 atom stereocenters. The van der Waals surface area contributed by atoms with Crippen LogP contribution in [0.4, 0.5) is 0 Å². The van der Waals surface area contributed by atoms with E-state index < -0.39 is 41.3 Å². The molecule has 38 heavy (non-hydrogen) atoms. The first-order valence-corrected chi connectivity index (χ1v) is 14.6. The number of nitrogens with zero attached hydrogens (tertiary/aromatic N) is 1. The fraction of sp³-hybridized carbons (Fsp3) is 0.655. The van der Waals surface area contributed by atoms with Crippen molar-refractivity contribution >= 4 is 41.0 Å². The first kappa shape index (κ1) is 30.0. The molecule has 1 saturated carbocycles. The van der Waals surface area contributed by atoms with Crippen LogP contribution in [0, 0.1) is 11.8 Å². The number of aliphatic hydroxyl groups excluding tert-OH is 1. The van der Waals surface area contributed by atoms with E-state index in [1.807, 2.05) is 19.1 Å². The second kappa shape index (κ2) is 13.5. The molecule has 1 aliphatic heterocycles. The smallest absolute Gasteiger partial charge is 0.329 e. The molecule has 0 spiro atoms. The summed E-state index contributed by atoms with van der Waals surface area (Å²) in [4.78, 5) is 55.0. The Hall–Kier alpha value is -2.52. The average molecular weight is 547 g/mol. The van der Waals surface area contributed by atoms with Gasteiger partial charge < -0.3 is 20.1 Å². The number of Topliss-reactive ketones (excluding diaryl/α,β-unsaturated/α-hetero) is 1. The van der Waals surface area contributed by atoms with Crippen LogP contribution in [0.5, 0.6) is 0 Å². The normalized spacial score (nSPS) is 20.3. The van der Waals surface area contributed by atoms with Crippen molar-refractivity contribution in [3.05, 3.63) is 28.0 Å². The van der Waals surface area contributed by atoms with Crippen LogP contribution in [-0.2, 0) is 19.1 Å². The first-order chi connectivity index (χ1) is 18.0. The number of ether oxygens (including phenoxy) is 1. The van der Waals surface area contributed by atoms with Crippen LogP contribution in [0.25, 0.3) is 6.08 Å². The lowest BCUT2D eigenvalue weighted by Gasteiger charge is -2.30. The number of aliphatic hydroxyl groups is 1. The Morgan fingerprint density at radius 2 is 1.84 bits per heavy atom. The predicted molar refractivity (Wildman–Crippen MR) is 148 cm³/mol. The average Bonchev–Trinajstić information content (AvgIpc) is 3.55. The Labute approximate surface area is 229 Å². The summed E-state index contributed by atoms with van der Waals surface area (Å²) in [7, 11) is 0. The van der Waals surface area contributed by atoms with Crippen LogP contribution in [-0.4, -0.2) is 64.4 Å². The van der Waals surface area contributed by atoms with Gasteiger partial charge in [0.1, 0.15) is 17.7 Å². The molecule has 2 amide bonds. The number of likely N-dealkylation sites (tertiary alicyclic amines) is 1. The Balaban J connectivity index is 1.68. The van der Waals surface area contributed by atoms with Gasteiger partial charge >= 0.3 is 5.97 Å². The molecule has 1 aliphatic carbocycles. The highest BCUT2D eigenvalue weighted by atomic mass is 32.1. The zero-order valence-electron chi connectivity index (χ0n) is 23.0. The molecule has 1 saturated heterocycles. The fourth-order valence-electron chi connectivity index (χ4n) is 5.01. The van der Waals surface area contributed by atoms with Gasteiger partial charge in [-0.2, -0.15) is 0 Å². The third-order valence-corrected chi connectivity index (χ3v) is 8.09. The van der Waals surface area contributed by atoms with Gasteiger partial charge in [-0.1, -0.05) is 45.1 Å². The summed E-state index contributed by atoms with van der Waals surface area (Å²) >= 11 is 1.20. The van der Waals surface area contributed by atoms with Crippen molar-refractivity contribution in [2.75, 3.05) is 13.2 Å². The Morgan fingerprint density at radius 1 is 1.13 bits per heavy atom. The van der Waals surface area contributed by atoms with E-state index in [4.69, 9.17) is 4.74 Å². The molecule has 8 nitrogen and oxygen atoms in total.